The van der Waals surface area contributed by atoms with Crippen molar-refractivity contribution in [1.29, 1.82) is 0 Å². The van der Waals surface area contributed by atoms with Crippen LogP contribution >= 0.6 is 15.9 Å². The number of hydrogen-bond acceptors (Lipinski definition) is 3. The summed E-state index contributed by atoms with van der Waals surface area (Å²) in [4.78, 5) is 28.7. The SMILES string of the molecule is Cc1cc(Br)c(NC(=O)C2=CCCN(C(=O)O)C2)nc1C. The second-order valence-corrected chi connectivity index (χ2v) is 5.75. The summed E-state index contributed by atoms with van der Waals surface area (Å²) in [5.41, 5.74) is 2.29. The van der Waals surface area contributed by atoms with E-state index in [-0.39, 0.29) is 12.5 Å². The van der Waals surface area contributed by atoms with Crippen LogP contribution < -0.4 is 5.32 Å². The first-order valence-corrected chi connectivity index (χ1v) is 7.29. The monoisotopic (exact) mass is 353 g/mol. The number of rotatable bonds is 2. The lowest BCUT2D eigenvalue weighted by molar-refractivity contribution is -0.113. The number of halogens is 1. The summed E-state index contributed by atoms with van der Waals surface area (Å²) in [7, 11) is 0. The largest absolute Gasteiger partial charge is 0.465 e. The molecular formula is C14H16BrN3O3. The van der Waals surface area contributed by atoms with Gasteiger partial charge in [0.2, 0.25) is 0 Å². The van der Waals surface area contributed by atoms with Crippen LogP contribution in [-0.2, 0) is 4.79 Å². The predicted molar refractivity (Wildman–Crippen MR) is 82.3 cm³/mol. The van der Waals surface area contributed by atoms with Crippen molar-refractivity contribution < 1.29 is 14.7 Å². The second-order valence-electron chi connectivity index (χ2n) is 4.90. The van der Waals surface area contributed by atoms with Gasteiger partial charge in [-0.25, -0.2) is 9.78 Å². The Bertz CT molecular complexity index is 628. The smallest absolute Gasteiger partial charge is 0.407 e. The molecule has 0 saturated heterocycles. The van der Waals surface area contributed by atoms with Crippen LogP contribution in [0.15, 0.2) is 22.2 Å². The molecule has 0 aliphatic carbocycles. The zero-order valence-electron chi connectivity index (χ0n) is 11.8. The van der Waals surface area contributed by atoms with E-state index in [1.807, 2.05) is 19.9 Å². The fraction of sp³-hybridized carbons (Fsp3) is 0.357. The molecule has 1 aromatic heterocycles. The highest BCUT2D eigenvalue weighted by Crippen LogP contribution is 2.23. The number of carbonyl (C=O) groups is 2. The maximum absolute atomic E-state index is 12.2. The molecule has 0 saturated carbocycles. The van der Waals surface area contributed by atoms with Crippen molar-refractivity contribution in [2.75, 3.05) is 18.4 Å². The molecule has 2 N–H and O–H groups in total. The van der Waals surface area contributed by atoms with E-state index < -0.39 is 6.09 Å². The van der Waals surface area contributed by atoms with Crippen molar-refractivity contribution >= 4 is 33.7 Å². The summed E-state index contributed by atoms with van der Waals surface area (Å²) in [5.74, 6) is 0.119. The Morgan fingerprint density at radius 2 is 2.14 bits per heavy atom. The first-order chi connectivity index (χ1) is 9.88. The molecule has 0 radical (unpaired) electrons. The fourth-order valence-electron chi connectivity index (χ4n) is 2.02. The minimum absolute atomic E-state index is 0.101. The van der Waals surface area contributed by atoms with Gasteiger partial charge < -0.3 is 15.3 Å². The number of pyridine rings is 1. The van der Waals surface area contributed by atoms with Crippen molar-refractivity contribution in [2.24, 2.45) is 0 Å². The van der Waals surface area contributed by atoms with Crippen LogP contribution in [0.1, 0.15) is 17.7 Å². The van der Waals surface area contributed by atoms with Crippen LogP contribution in [0.4, 0.5) is 10.6 Å². The number of carboxylic acid groups (broad SMARTS) is 1. The van der Waals surface area contributed by atoms with Gasteiger partial charge in [0, 0.05) is 17.8 Å². The molecule has 1 aliphatic rings. The van der Waals surface area contributed by atoms with Gasteiger partial charge in [-0.15, -0.1) is 0 Å². The van der Waals surface area contributed by atoms with Crippen LogP contribution in [0.5, 0.6) is 0 Å². The Hall–Kier alpha value is -1.89. The second kappa shape index (κ2) is 6.26. The van der Waals surface area contributed by atoms with Crippen molar-refractivity contribution in [2.45, 2.75) is 20.3 Å². The Morgan fingerprint density at radius 3 is 2.81 bits per heavy atom. The number of hydrogen-bond donors (Lipinski definition) is 2. The number of nitrogens with zero attached hydrogens (tertiary/aromatic N) is 2. The Kier molecular flexibility index (Phi) is 4.62. The highest BCUT2D eigenvalue weighted by molar-refractivity contribution is 9.10. The van der Waals surface area contributed by atoms with E-state index in [2.05, 4.69) is 26.2 Å². The molecule has 7 heteroatoms. The zero-order chi connectivity index (χ0) is 15.6. The summed E-state index contributed by atoms with van der Waals surface area (Å²) >= 11 is 3.37. The Labute approximate surface area is 131 Å². The molecule has 21 heavy (non-hydrogen) atoms. The molecule has 6 nitrogen and oxygen atoms in total. The van der Waals surface area contributed by atoms with E-state index in [1.54, 1.807) is 6.08 Å². The maximum atomic E-state index is 12.2. The average molecular weight is 354 g/mol. The third-order valence-corrected chi connectivity index (χ3v) is 3.97. The third kappa shape index (κ3) is 3.60. The summed E-state index contributed by atoms with van der Waals surface area (Å²) in [5, 5.41) is 11.7. The van der Waals surface area contributed by atoms with Crippen LogP contribution in [0.3, 0.4) is 0 Å². The van der Waals surface area contributed by atoms with Crippen molar-refractivity contribution in [3.63, 3.8) is 0 Å². The first kappa shape index (κ1) is 15.5. The normalized spacial score (nSPS) is 14.6. The molecule has 0 aromatic carbocycles. The quantitative estimate of drug-likeness (QED) is 0.856. The van der Waals surface area contributed by atoms with E-state index in [9.17, 15) is 9.59 Å². The Morgan fingerprint density at radius 1 is 1.43 bits per heavy atom. The van der Waals surface area contributed by atoms with Crippen LogP contribution in [0.25, 0.3) is 0 Å². The summed E-state index contributed by atoms with van der Waals surface area (Å²) in [6.07, 6.45) is 1.29. The molecule has 0 atom stereocenters. The zero-order valence-corrected chi connectivity index (χ0v) is 13.4. The first-order valence-electron chi connectivity index (χ1n) is 6.50. The third-order valence-electron chi connectivity index (χ3n) is 3.36. The van der Waals surface area contributed by atoms with Gasteiger partial charge in [-0.05, 0) is 47.8 Å². The molecule has 1 aromatic rings. The number of aryl methyl sites for hydroxylation is 2. The molecule has 0 unspecified atom stereocenters. The molecule has 0 spiro atoms. The van der Waals surface area contributed by atoms with Crippen LogP contribution in [-0.4, -0.2) is 40.1 Å². The van der Waals surface area contributed by atoms with E-state index >= 15 is 0 Å². The van der Waals surface area contributed by atoms with Crippen LogP contribution in [0, 0.1) is 13.8 Å². The minimum atomic E-state index is -1.01. The number of aromatic nitrogens is 1. The molecule has 112 valence electrons. The van der Waals surface area contributed by atoms with Gasteiger partial charge in [-0.3, -0.25) is 4.79 Å². The van der Waals surface area contributed by atoms with E-state index in [0.29, 0.717) is 28.8 Å². The predicted octanol–water partition coefficient (Wildman–Crippen LogP) is 2.71. The number of nitrogens with one attached hydrogen (secondary N) is 1. The van der Waals surface area contributed by atoms with Gasteiger partial charge in [0.25, 0.3) is 5.91 Å². The van der Waals surface area contributed by atoms with Gasteiger partial charge in [0.1, 0.15) is 5.82 Å². The summed E-state index contributed by atoms with van der Waals surface area (Å²) < 4.78 is 0.699. The molecular weight excluding hydrogens is 338 g/mol. The summed E-state index contributed by atoms with van der Waals surface area (Å²) in [6, 6.07) is 1.89. The van der Waals surface area contributed by atoms with Gasteiger partial charge >= 0.3 is 6.09 Å². The van der Waals surface area contributed by atoms with Crippen molar-refractivity contribution in [3.05, 3.63) is 33.4 Å². The molecule has 2 rings (SSSR count). The molecule has 1 aliphatic heterocycles. The number of amides is 2. The number of carbonyl (C=O) groups excluding carboxylic acids is 1. The molecule has 2 heterocycles. The highest BCUT2D eigenvalue weighted by atomic mass is 79.9. The topological polar surface area (TPSA) is 82.5 Å². The molecule has 0 fully saturated rings. The van der Waals surface area contributed by atoms with Gasteiger partial charge in [-0.2, -0.15) is 0 Å². The number of anilines is 1. The van der Waals surface area contributed by atoms with Gasteiger partial charge in [0.15, 0.2) is 0 Å². The fourth-order valence-corrected chi connectivity index (χ4v) is 2.55. The molecule has 2 amide bonds. The van der Waals surface area contributed by atoms with Gasteiger partial charge in [0.05, 0.1) is 11.0 Å². The van der Waals surface area contributed by atoms with Crippen molar-refractivity contribution in [3.8, 4) is 0 Å². The lowest BCUT2D eigenvalue weighted by Gasteiger charge is -2.24. The highest BCUT2D eigenvalue weighted by Gasteiger charge is 2.22. The lowest BCUT2D eigenvalue weighted by Crippen LogP contribution is -2.37. The molecule has 0 bridgehead atoms. The van der Waals surface area contributed by atoms with E-state index in [4.69, 9.17) is 5.11 Å². The van der Waals surface area contributed by atoms with Crippen LogP contribution in [0.2, 0.25) is 0 Å². The summed E-state index contributed by atoms with van der Waals surface area (Å²) in [6.45, 7) is 4.32. The van der Waals surface area contributed by atoms with E-state index in [0.717, 1.165) is 11.3 Å². The minimum Gasteiger partial charge on any atom is -0.465 e. The standard InChI is InChI=1S/C14H16BrN3O3/c1-8-6-11(15)12(16-9(8)2)17-13(19)10-4-3-5-18(7-10)14(20)21/h4,6H,3,5,7H2,1-2H3,(H,20,21)(H,16,17,19). The lowest BCUT2D eigenvalue weighted by atomic mass is 10.1. The van der Waals surface area contributed by atoms with Gasteiger partial charge in [-0.1, -0.05) is 6.08 Å². The average Bonchev–Trinajstić information content (AvgIpc) is 2.44. The Balaban J connectivity index is 2.13. The maximum Gasteiger partial charge on any atom is 0.407 e. The van der Waals surface area contributed by atoms with Crippen molar-refractivity contribution in [1.82, 2.24) is 9.88 Å². The van der Waals surface area contributed by atoms with E-state index in [1.165, 1.54) is 4.90 Å².